The Labute approximate surface area is 224 Å². The molecule has 11 heteroatoms. The van der Waals surface area contributed by atoms with E-state index in [0.29, 0.717) is 11.6 Å². The second-order valence-corrected chi connectivity index (χ2v) is 9.87. The highest BCUT2D eigenvalue weighted by atomic mass is 35.5. The highest BCUT2D eigenvalue weighted by molar-refractivity contribution is 6.30. The van der Waals surface area contributed by atoms with E-state index in [1.165, 1.54) is 31.2 Å². The van der Waals surface area contributed by atoms with Gasteiger partial charge in [0.05, 0.1) is 11.6 Å². The normalized spacial score (nSPS) is 14.3. The van der Waals surface area contributed by atoms with Gasteiger partial charge in [-0.25, -0.2) is 9.78 Å². The van der Waals surface area contributed by atoms with Gasteiger partial charge in [0.2, 0.25) is 0 Å². The lowest BCUT2D eigenvalue weighted by molar-refractivity contribution is -0.192. The zero-order chi connectivity index (χ0) is 27.7. The van der Waals surface area contributed by atoms with Crippen LogP contribution in [0.4, 0.5) is 13.2 Å². The molecular weight excluding hydrogens is 523 g/mol. The van der Waals surface area contributed by atoms with E-state index < -0.39 is 12.1 Å². The van der Waals surface area contributed by atoms with Crippen LogP contribution < -0.4 is 14.8 Å². The number of aromatic amines is 1. The number of carboxylic acids is 1. The van der Waals surface area contributed by atoms with Crippen molar-refractivity contribution < 1.29 is 32.5 Å². The van der Waals surface area contributed by atoms with E-state index in [-0.39, 0.29) is 6.10 Å². The Hall–Kier alpha value is -2.98. The average Bonchev–Trinajstić information content (AvgIpc) is 3.29. The number of hydrogen-bond acceptors (Lipinski definition) is 5. The molecule has 0 amide bonds. The number of hydrogen-bond donors (Lipinski definition) is 3. The third-order valence-electron chi connectivity index (χ3n) is 6.04. The van der Waals surface area contributed by atoms with Crippen LogP contribution in [0.5, 0.6) is 11.5 Å². The molecule has 1 saturated heterocycles. The number of nitrogens with one attached hydrogen (secondary N) is 2. The van der Waals surface area contributed by atoms with Gasteiger partial charge >= 0.3 is 12.1 Å². The van der Waals surface area contributed by atoms with Crippen LogP contribution in [0.15, 0.2) is 36.4 Å². The molecule has 208 valence electrons. The van der Waals surface area contributed by atoms with Crippen LogP contribution in [0.25, 0.3) is 11.0 Å². The van der Waals surface area contributed by atoms with Crippen LogP contribution in [0, 0.1) is 5.92 Å². The number of aromatic nitrogens is 2. The van der Waals surface area contributed by atoms with Crippen LogP contribution in [0.2, 0.25) is 5.02 Å². The first-order valence-corrected chi connectivity index (χ1v) is 13.0. The first-order chi connectivity index (χ1) is 18.0. The first-order valence-electron chi connectivity index (χ1n) is 12.6. The molecule has 4 rings (SSSR count). The lowest BCUT2D eigenvalue weighted by atomic mass is 9.91. The van der Waals surface area contributed by atoms with Crippen molar-refractivity contribution in [3.05, 3.63) is 52.8 Å². The van der Waals surface area contributed by atoms with Gasteiger partial charge in [-0.2, -0.15) is 13.2 Å². The summed E-state index contributed by atoms with van der Waals surface area (Å²) in [5.74, 6) is 0.549. The van der Waals surface area contributed by atoms with Gasteiger partial charge in [-0.15, -0.1) is 0 Å². The Bertz CT molecular complexity index is 1180. The van der Waals surface area contributed by atoms with Crippen molar-refractivity contribution in [2.75, 3.05) is 13.1 Å². The van der Waals surface area contributed by atoms with Gasteiger partial charge in [-0.1, -0.05) is 24.1 Å². The van der Waals surface area contributed by atoms with Crippen molar-refractivity contribution in [1.82, 2.24) is 15.3 Å². The van der Waals surface area contributed by atoms with Crippen molar-refractivity contribution in [2.45, 2.75) is 64.8 Å². The molecule has 0 spiro atoms. The first kappa shape index (κ1) is 29.6. The molecule has 2 heterocycles. The van der Waals surface area contributed by atoms with Gasteiger partial charge in [-0.3, -0.25) is 0 Å². The predicted molar refractivity (Wildman–Crippen MR) is 140 cm³/mol. The Balaban J connectivity index is 0.000000505. The number of halogens is 4. The van der Waals surface area contributed by atoms with Crippen LogP contribution in [-0.2, 0) is 17.8 Å². The Morgan fingerprint density at radius 1 is 1.16 bits per heavy atom. The van der Waals surface area contributed by atoms with Gasteiger partial charge < -0.3 is 24.9 Å². The molecule has 3 aromatic rings. The molecule has 0 saturated carbocycles. The minimum atomic E-state index is -5.08. The van der Waals surface area contributed by atoms with E-state index in [1.807, 2.05) is 24.3 Å². The molecule has 0 aliphatic carbocycles. The number of alkyl halides is 3. The molecule has 1 aliphatic heterocycles. The fourth-order valence-electron chi connectivity index (χ4n) is 4.21. The van der Waals surface area contributed by atoms with Crippen molar-refractivity contribution in [1.29, 1.82) is 0 Å². The fraction of sp³-hybridized carbons (Fsp3) is 0.481. The number of carboxylic acid groups (broad SMARTS) is 1. The van der Waals surface area contributed by atoms with Gasteiger partial charge in [0.25, 0.3) is 0 Å². The standard InChI is InChI=1S/C25H32ClN3O2.C2HF3O2/c1-17(2)31-25-19(5-3-4-18-12-14-27-15-13-18)6-11-22-24(25)29-23(28-22)16-30-21-9-7-20(26)8-10-21;3-2(4,5)1(6)7/h6-11,17-18,27H,3-5,12-16H2,1-2H3,(H,28,29);(H,6,7). The fourth-order valence-corrected chi connectivity index (χ4v) is 4.34. The molecule has 1 aliphatic rings. The maximum atomic E-state index is 10.6. The topological polar surface area (TPSA) is 96.5 Å². The SMILES string of the molecule is CC(C)Oc1c(CCCC2CCNCC2)ccc2[nH]c(COc3ccc(Cl)cc3)nc12.O=C(O)C(F)(F)F. The number of nitrogens with zero attached hydrogens (tertiary/aromatic N) is 1. The second kappa shape index (κ2) is 13.7. The minimum Gasteiger partial charge on any atom is -0.488 e. The van der Waals surface area contributed by atoms with Crippen molar-refractivity contribution in [2.24, 2.45) is 5.92 Å². The summed E-state index contributed by atoms with van der Waals surface area (Å²) in [6.07, 6.45) is 1.09. The number of imidazole rings is 1. The molecule has 0 radical (unpaired) electrons. The molecule has 3 N–H and O–H groups in total. The summed E-state index contributed by atoms with van der Waals surface area (Å²) in [7, 11) is 0. The number of rotatable bonds is 9. The highest BCUT2D eigenvalue weighted by Crippen LogP contribution is 2.32. The summed E-state index contributed by atoms with van der Waals surface area (Å²) in [6.45, 7) is 6.81. The van der Waals surface area contributed by atoms with Crippen molar-refractivity contribution in [3.8, 4) is 11.5 Å². The largest absolute Gasteiger partial charge is 0.490 e. The zero-order valence-electron chi connectivity index (χ0n) is 21.4. The summed E-state index contributed by atoms with van der Waals surface area (Å²) in [5.41, 5.74) is 3.11. The number of benzene rings is 2. The summed E-state index contributed by atoms with van der Waals surface area (Å²) in [6, 6.07) is 11.7. The molecule has 7 nitrogen and oxygen atoms in total. The lowest BCUT2D eigenvalue weighted by Crippen LogP contribution is -2.27. The molecule has 1 aromatic heterocycles. The Morgan fingerprint density at radius 3 is 2.42 bits per heavy atom. The number of piperidine rings is 1. The number of ether oxygens (including phenoxy) is 2. The number of fused-ring (bicyclic) bond motifs is 1. The van der Waals surface area contributed by atoms with E-state index >= 15 is 0 Å². The summed E-state index contributed by atoms with van der Waals surface area (Å²) in [5, 5.41) is 11.3. The molecule has 0 bridgehead atoms. The molecule has 0 atom stereocenters. The predicted octanol–water partition coefficient (Wildman–Crippen LogP) is 6.54. The van der Waals surface area contributed by atoms with Gasteiger partial charge in [0.1, 0.15) is 23.7 Å². The molecular formula is C27H33ClF3N3O4. The summed E-state index contributed by atoms with van der Waals surface area (Å²) >= 11 is 5.95. The van der Waals surface area contributed by atoms with Gasteiger partial charge in [0.15, 0.2) is 5.75 Å². The third kappa shape index (κ3) is 9.09. The Morgan fingerprint density at radius 2 is 1.82 bits per heavy atom. The van der Waals surface area contributed by atoms with E-state index in [2.05, 4.69) is 36.3 Å². The highest BCUT2D eigenvalue weighted by Gasteiger charge is 2.38. The molecule has 1 fully saturated rings. The van der Waals surface area contributed by atoms with E-state index in [0.717, 1.165) is 53.8 Å². The monoisotopic (exact) mass is 555 g/mol. The van der Waals surface area contributed by atoms with Crippen LogP contribution >= 0.6 is 11.6 Å². The van der Waals surface area contributed by atoms with E-state index in [9.17, 15) is 13.2 Å². The van der Waals surface area contributed by atoms with Crippen molar-refractivity contribution in [3.63, 3.8) is 0 Å². The zero-order valence-corrected chi connectivity index (χ0v) is 22.2. The smallest absolute Gasteiger partial charge is 0.488 e. The second-order valence-electron chi connectivity index (χ2n) is 9.43. The minimum absolute atomic E-state index is 0.0965. The summed E-state index contributed by atoms with van der Waals surface area (Å²) < 4.78 is 43.8. The lowest BCUT2D eigenvalue weighted by Gasteiger charge is -2.22. The number of H-pyrrole nitrogens is 1. The molecule has 38 heavy (non-hydrogen) atoms. The van der Waals surface area contributed by atoms with Crippen molar-refractivity contribution >= 4 is 28.6 Å². The van der Waals surface area contributed by atoms with Crippen LogP contribution in [-0.4, -0.2) is 46.4 Å². The maximum absolute atomic E-state index is 10.6. The van der Waals surface area contributed by atoms with Gasteiger partial charge in [-0.05, 0) is 94.4 Å². The number of aliphatic carboxylic acids is 1. The van der Waals surface area contributed by atoms with Crippen LogP contribution in [0.1, 0.15) is 50.9 Å². The summed E-state index contributed by atoms with van der Waals surface area (Å²) in [4.78, 5) is 17.1. The van der Waals surface area contributed by atoms with E-state index in [1.54, 1.807) is 0 Å². The third-order valence-corrected chi connectivity index (χ3v) is 6.29. The van der Waals surface area contributed by atoms with Crippen LogP contribution in [0.3, 0.4) is 0 Å². The number of aryl methyl sites for hydroxylation is 1. The van der Waals surface area contributed by atoms with E-state index in [4.69, 9.17) is 36.0 Å². The molecule has 2 aromatic carbocycles. The Kier molecular flexibility index (Phi) is 10.7. The number of carbonyl (C=O) groups is 1. The molecule has 0 unspecified atom stereocenters. The maximum Gasteiger partial charge on any atom is 0.490 e. The van der Waals surface area contributed by atoms with Gasteiger partial charge in [0, 0.05) is 5.02 Å². The average molecular weight is 556 g/mol. The quantitative estimate of drug-likeness (QED) is 0.277.